The fraction of sp³-hybridized carbons (Fsp3) is 0.579. The van der Waals surface area contributed by atoms with Crippen LogP contribution in [0, 0.1) is 5.92 Å². The second-order valence-corrected chi connectivity index (χ2v) is 7.72. The first-order chi connectivity index (χ1) is 13.0. The summed E-state index contributed by atoms with van der Waals surface area (Å²) >= 11 is 0. The van der Waals surface area contributed by atoms with Crippen molar-refractivity contribution in [3.05, 3.63) is 30.1 Å². The van der Waals surface area contributed by atoms with Crippen LogP contribution in [-0.4, -0.2) is 57.3 Å². The van der Waals surface area contributed by atoms with Crippen molar-refractivity contribution in [2.45, 2.75) is 50.4 Å². The van der Waals surface area contributed by atoms with Crippen LogP contribution in [0.3, 0.4) is 0 Å². The summed E-state index contributed by atoms with van der Waals surface area (Å²) in [5, 5.41) is 16.3. The minimum atomic E-state index is -0.600. The summed E-state index contributed by atoms with van der Waals surface area (Å²) in [4.78, 5) is 36.5. The van der Waals surface area contributed by atoms with Gasteiger partial charge in [0, 0.05) is 37.8 Å². The number of carbonyl (C=O) groups is 2. The average molecular weight is 372 g/mol. The molecule has 2 amide bonds. The number of pyridine rings is 1. The molecular formula is C19H24N4O4. The molecule has 0 radical (unpaired) electrons. The molecule has 1 spiro atoms. The molecule has 1 atom stereocenters. The smallest absolute Gasteiger partial charge is 0.269 e. The van der Waals surface area contributed by atoms with E-state index < -0.39 is 5.60 Å². The third kappa shape index (κ3) is 3.80. The molecule has 3 heterocycles. The average Bonchev–Trinajstić information content (AvgIpc) is 3.07. The SMILES string of the molecule is O=C(NCc1cccnc1)C1=NOC2(CCCN(C(=O)C3CC(O)C3)C2)C1. The summed E-state index contributed by atoms with van der Waals surface area (Å²) in [6.45, 7) is 1.52. The molecular weight excluding hydrogens is 348 g/mol. The van der Waals surface area contributed by atoms with E-state index in [2.05, 4.69) is 15.5 Å². The van der Waals surface area contributed by atoms with Gasteiger partial charge in [0.05, 0.1) is 12.6 Å². The number of likely N-dealkylation sites (tertiary alicyclic amines) is 1. The molecule has 1 saturated carbocycles. The van der Waals surface area contributed by atoms with E-state index in [0.29, 0.717) is 44.6 Å². The molecule has 1 saturated heterocycles. The highest BCUT2D eigenvalue weighted by molar-refractivity contribution is 6.39. The van der Waals surface area contributed by atoms with E-state index in [9.17, 15) is 14.7 Å². The first-order valence-electron chi connectivity index (χ1n) is 9.44. The summed E-state index contributed by atoms with van der Waals surface area (Å²) in [7, 11) is 0. The molecule has 2 aliphatic heterocycles. The zero-order valence-corrected chi connectivity index (χ0v) is 15.1. The lowest BCUT2D eigenvalue weighted by Gasteiger charge is -2.41. The lowest BCUT2D eigenvalue weighted by molar-refractivity contribution is -0.151. The van der Waals surface area contributed by atoms with Crippen LogP contribution in [0.2, 0.25) is 0 Å². The molecule has 1 aliphatic carbocycles. The number of piperidine rings is 1. The number of amides is 2. The van der Waals surface area contributed by atoms with E-state index in [1.807, 2.05) is 17.0 Å². The van der Waals surface area contributed by atoms with Crippen molar-refractivity contribution in [3.8, 4) is 0 Å². The van der Waals surface area contributed by atoms with E-state index in [0.717, 1.165) is 18.4 Å². The van der Waals surface area contributed by atoms with Crippen molar-refractivity contribution in [3.63, 3.8) is 0 Å². The Bertz CT molecular complexity index is 747. The number of aliphatic hydroxyl groups excluding tert-OH is 1. The van der Waals surface area contributed by atoms with Crippen LogP contribution < -0.4 is 5.32 Å². The van der Waals surface area contributed by atoms with Crippen LogP contribution in [0.4, 0.5) is 0 Å². The first kappa shape index (κ1) is 17.9. The second kappa shape index (κ2) is 7.26. The molecule has 3 aliphatic rings. The van der Waals surface area contributed by atoms with Crippen LogP contribution in [0.25, 0.3) is 0 Å². The number of nitrogens with one attached hydrogen (secondary N) is 1. The maximum atomic E-state index is 12.6. The fourth-order valence-corrected chi connectivity index (χ4v) is 3.98. The van der Waals surface area contributed by atoms with Gasteiger partial charge in [0.1, 0.15) is 5.71 Å². The molecule has 4 rings (SSSR count). The van der Waals surface area contributed by atoms with Crippen LogP contribution >= 0.6 is 0 Å². The zero-order chi connectivity index (χ0) is 18.9. The van der Waals surface area contributed by atoms with Gasteiger partial charge < -0.3 is 20.2 Å². The van der Waals surface area contributed by atoms with Gasteiger partial charge in [0.2, 0.25) is 5.91 Å². The van der Waals surface area contributed by atoms with Gasteiger partial charge >= 0.3 is 0 Å². The summed E-state index contributed by atoms with van der Waals surface area (Å²) in [6, 6.07) is 3.71. The van der Waals surface area contributed by atoms with Crippen LogP contribution in [-0.2, 0) is 21.0 Å². The Morgan fingerprint density at radius 3 is 3.00 bits per heavy atom. The van der Waals surface area contributed by atoms with Gasteiger partial charge in [-0.15, -0.1) is 0 Å². The Kier molecular flexibility index (Phi) is 4.82. The molecule has 144 valence electrons. The zero-order valence-electron chi connectivity index (χ0n) is 15.1. The molecule has 1 aromatic rings. The van der Waals surface area contributed by atoms with Gasteiger partial charge in [-0.3, -0.25) is 14.6 Å². The van der Waals surface area contributed by atoms with Crippen molar-refractivity contribution in [1.82, 2.24) is 15.2 Å². The molecule has 0 aromatic carbocycles. The lowest BCUT2D eigenvalue weighted by Crippen LogP contribution is -2.54. The largest absolute Gasteiger partial charge is 0.393 e. The van der Waals surface area contributed by atoms with E-state index in [1.54, 1.807) is 12.4 Å². The standard InChI is InChI=1S/C19H24N4O4/c24-15-7-14(8-15)18(26)23-6-2-4-19(12-23)9-16(22-27-19)17(25)21-11-13-3-1-5-20-10-13/h1,3,5,10,14-15,24H,2,4,6-9,11-12H2,(H,21,25). The number of carbonyl (C=O) groups excluding carboxylic acids is 2. The highest BCUT2D eigenvalue weighted by Crippen LogP contribution is 2.36. The number of aromatic nitrogens is 1. The maximum Gasteiger partial charge on any atom is 0.269 e. The quantitative estimate of drug-likeness (QED) is 0.806. The Morgan fingerprint density at radius 1 is 1.41 bits per heavy atom. The predicted octanol–water partition coefficient (Wildman–Crippen LogP) is 0.606. The molecule has 1 unspecified atom stereocenters. The summed E-state index contributed by atoms with van der Waals surface area (Å²) < 4.78 is 0. The molecule has 1 aromatic heterocycles. The third-order valence-corrected chi connectivity index (χ3v) is 5.59. The molecule has 8 heteroatoms. The fourth-order valence-electron chi connectivity index (χ4n) is 3.98. The second-order valence-electron chi connectivity index (χ2n) is 7.72. The molecule has 8 nitrogen and oxygen atoms in total. The monoisotopic (exact) mass is 372 g/mol. The van der Waals surface area contributed by atoms with Crippen LogP contribution in [0.1, 0.15) is 37.7 Å². The van der Waals surface area contributed by atoms with Crippen molar-refractivity contribution in [2.24, 2.45) is 11.1 Å². The minimum Gasteiger partial charge on any atom is -0.393 e. The van der Waals surface area contributed by atoms with E-state index >= 15 is 0 Å². The summed E-state index contributed by atoms with van der Waals surface area (Å²) in [5.41, 5.74) is 0.682. The Hall–Kier alpha value is -2.48. The molecule has 2 fully saturated rings. The van der Waals surface area contributed by atoms with Gasteiger partial charge in [0.15, 0.2) is 5.60 Å². The van der Waals surface area contributed by atoms with Gasteiger partial charge in [-0.2, -0.15) is 0 Å². The van der Waals surface area contributed by atoms with Crippen LogP contribution in [0.5, 0.6) is 0 Å². The van der Waals surface area contributed by atoms with Gasteiger partial charge in [-0.25, -0.2) is 0 Å². The van der Waals surface area contributed by atoms with Crippen molar-refractivity contribution in [2.75, 3.05) is 13.1 Å². The van der Waals surface area contributed by atoms with E-state index in [4.69, 9.17) is 4.84 Å². The normalized spacial score (nSPS) is 29.7. The van der Waals surface area contributed by atoms with Gasteiger partial charge in [0.25, 0.3) is 5.91 Å². The number of oxime groups is 1. The molecule has 0 bridgehead atoms. The van der Waals surface area contributed by atoms with Crippen molar-refractivity contribution in [1.29, 1.82) is 0 Å². The Labute approximate surface area is 157 Å². The number of hydrogen-bond acceptors (Lipinski definition) is 6. The topological polar surface area (TPSA) is 104 Å². The van der Waals surface area contributed by atoms with Crippen LogP contribution in [0.15, 0.2) is 29.7 Å². The maximum absolute atomic E-state index is 12.6. The van der Waals surface area contributed by atoms with Crippen molar-refractivity contribution >= 4 is 17.5 Å². The first-order valence-corrected chi connectivity index (χ1v) is 9.44. The van der Waals surface area contributed by atoms with E-state index in [1.165, 1.54) is 0 Å². The van der Waals surface area contributed by atoms with Gasteiger partial charge in [-0.05, 0) is 37.3 Å². The highest BCUT2D eigenvalue weighted by Gasteiger charge is 2.47. The number of rotatable bonds is 4. The molecule has 27 heavy (non-hydrogen) atoms. The number of aliphatic hydroxyl groups is 1. The Morgan fingerprint density at radius 2 is 2.26 bits per heavy atom. The number of nitrogens with zero attached hydrogens (tertiary/aromatic N) is 3. The number of hydrogen-bond donors (Lipinski definition) is 2. The summed E-state index contributed by atoms with van der Waals surface area (Å²) in [6.07, 6.45) is 6.13. The van der Waals surface area contributed by atoms with Crippen molar-refractivity contribution < 1.29 is 19.5 Å². The Balaban J connectivity index is 1.31. The highest BCUT2D eigenvalue weighted by atomic mass is 16.7. The minimum absolute atomic E-state index is 0.0810. The predicted molar refractivity (Wildman–Crippen MR) is 96.5 cm³/mol. The lowest BCUT2D eigenvalue weighted by atomic mass is 9.80. The summed E-state index contributed by atoms with van der Waals surface area (Å²) in [5.74, 6) is -0.251. The van der Waals surface area contributed by atoms with E-state index in [-0.39, 0.29) is 23.8 Å². The van der Waals surface area contributed by atoms with Gasteiger partial charge in [-0.1, -0.05) is 11.2 Å². The third-order valence-electron chi connectivity index (χ3n) is 5.59. The molecule has 2 N–H and O–H groups in total.